The van der Waals surface area contributed by atoms with Crippen LogP contribution in [0.25, 0.3) is 0 Å². The highest BCUT2D eigenvalue weighted by molar-refractivity contribution is 8.03. The molecule has 0 saturated heterocycles. The number of thioether (sulfide) groups is 1. The minimum Gasteiger partial charge on any atom is -0.312 e. The van der Waals surface area contributed by atoms with Gasteiger partial charge < -0.3 is 5.32 Å². The van der Waals surface area contributed by atoms with Gasteiger partial charge in [0.2, 0.25) is 0 Å². The molecule has 5 nitrogen and oxygen atoms in total. The summed E-state index contributed by atoms with van der Waals surface area (Å²) in [6.45, 7) is 8.33. The highest BCUT2D eigenvalue weighted by Gasteiger charge is 2.16. The average molecular weight is 344 g/mol. The van der Waals surface area contributed by atoms with Crippen LogP contribution < -0.4 is 5.32 Å². The second-order valence-electron chi connectivity index (χ2n) is 5.16. The fourth-order valence-corrected chi connectivity index (χ4v) is 4.47. The van der Waals surface area contributed by atoms with Crippen LogP contribution in [0.5, 0.6) is 0 Å². The van der Waals surface area contributed by atoms with E-state index in [4.69, 9.17) is 0 Å². The van der Waals surface area contributed by atoms with Crippen LogP contribution in [0.15, 0.2) is 13.7 Å². The van der Waals surface area contributed by atoms with Crippen LogP contribution in [0, 0.1) is 12.8 Å². The Bertz CT molecular complexity index is 591. The molecule has 2 rings (SSSR count). The summed E-state index contributed by atoms with van der Waals surface area (Å²) in [5.74, 6) is 0.644. The molecule has 0 saturated carbocycles. The van der Waals surface area contributed by atoms with Gasteiger partial charge in [-0.3, -0.25) is 4.68 Å². The van der Waals surface area contributed by atoms with Gasteiger partial charge in [-0.1, -0.05) is 36.9 Å². The lowest BCUT2D eigenvalue weighted by Gasteiger charge is -2.08. The lowest BCUT2D eigenvalue weighted by atomic mass is 10.2. The normalized spacial score (nSPS) is 11.5. The van der Waals surface area contributed by atoms with Crippen molar-refractivity contribution in [1.29, 1.82) is 0 Å². The fourth-order valence-electron chi connectivity index (χ4n) is 1.90. The summed E-state index contributed by atoms with van der Waals surface area (Å²) in [4.78, 5) is 0. The van der Waals surface area contributed by atoms with Crippen molar-refractivity contribution in [2.24, 2.45) is 13.0 Å². The van der Waals surface area contributed by atoms with Crippen LogP contribution in [0.4, 0.5) is 0 Å². The molecule has 0 unspecified atom stereocenters. The minimum atomic E-state index is 0.644. The van der Waals surface area contributed by atoms with Crippen molar-refractivity contribution in [3.05, 3.63) is 11.3 Å². The molecule has 2 aromatic rings. The van der Waals surface area contributed by atoms with Crippen LogP contribution in [-0.4, -0.2) is 32.8 Å². The minimum absolute atomic E-state index is 0.644. The van der Waals surface area contributed by atoms with E-state index < -0.39 is 0 Å². The molecule has 116 valence electrons. The van der Waals surface area contributed by atoms with Crippen molar-refractivity contribution < 1.29 is 0 Å². The van der Waals surface area contributed by atoms with Gasteiger partial charge in [0, 0.05) is 19.2 Å². The van der Waals surface area contributed by atoms with Gasteiger partial charge in [-0.25, -0.2) is 0 Å². The van der Waals surface area contributed by atoms with Gasteiger partial charge in [0.25, 0.3) is 0 Å². The molecule has 0 atom stereocenters. The molecule has 2 aromatic heterocycles. The summed E-state index contributed by atoms with van der Waals surface area (Å²) in [7, 11) is 1.98. The van der Waals surface area contributed by atoms with Crippen molar-refractivity contribution >= 4 is 34.9 Å². The van der Waals surface area contributed by atoms with Crippen molar-refractivity contribution in [3.8, 4) is 0 Å². The van der Waals surface area contributed by atoms with E-state index in [9.17, 15) is 0 Å². The largest absolute Gasteiger partial charge is 0.312 e. The highest BCUT2D eigenvalue weighted by Crippen LogP contribution is 2.35. The molecule has 1 N–H and O–H groups in total. The maximum Gasteiger partial charge on any atom is 0.181 e. The van der Waals surface area contributed by atoms with Gasteiger partial charge >= 0.3 is 0 Å². The van der Waals surface area contributed by atoms with Crippen LogP contribution in [0.1, 0.15) is 25.1 Å². The number of nitrogens with one attached hydrogen (secondary N) is 1. The predicted octanol–water partition coefficient (Wildman–Crippen LogP) is 3.20. The van der Waals surface area contributed by atoms with Crippen molar-refractivity contribution in [1.82, 2.24) is 25.3 Å². The molecule has 0 bridgehead atoms. The first-order valence-corrected chi connectivity index (χ1v) is 9.65. The summed E-state index contributed by atoms with van der Waals surface area (Å²) < 4.78 is 3.90. The molecular formula is C13H21N5S3. The van der Waals surface area contributed by atoms with Crippen molar-refractivity contribution in [2.75, 3.05) is 12.8 Å². The van der Waals surface area contributed by atoms with E-state index in [2.05, 4.69) is 41.4 Å². The molecule has 0 aromatic carbocycles. The van der Waals surface area contributed by atoms with E-state index in [1.807, 2.05) is 18.0 Å². The van der Waals surface area contributed by atoms with E-state index in [-0.39, 0.29) is 0 Å². The quantitative estimate of drug-likeness (QED) is 0.779. The number of hydrogen-bond acceptors (Lipinski definition) is 7. The first kappa shape index (κ1) is 16.8. The molecular weight excluding hydrogens is 322 g/mol. The second kappa shape index (κ2) is 7.62. The van der Waals surface area contributed by atoms with Gasteiger partial charge in [-0.2, -0.15) is 5.10 Å². The molecule has 0 aliphatic rings. The third-order valence-corrected chi connectivity index (χ3v) is 6.04. The first-order valence-electron chi connectivity index (χ1n) is 6.79. The molecule has 0 radical (unpaired) electrons. The lowest BCUT2D eigenvalue weighted by molar-refractivity contribution is 0.548. The summed E-state index contributed by atoms with van der Waals surface area (Å²) in [6.07, 6.45) is 2.02. The van der Waals surface area contributed by atoms with Gasteiger partial charge in [-0.05, 0) is 37.4 Å². The Balaban J connectivity index is 2.13. The summed E-state index contributed by atoms with van der Waals surface area (Å²) >= 11 is 4.90. The smallest absolute Gasteiger partial charge is 0.181 e. The highest BCUT2D eigenvalue weighted by atomic mass is 32.2. The zero-order valence-electron chi connectivity index (χ0n) is 13.0. The molecule has 0 aliphatic carbocycles. The van der Waals surface area contributed by atoms with Gasteiger partial charge in [0.15, 0.2) is 8.68 Å². The van der Waals surface area contributed by atoms with Gasteiger partial charge in [0.05, 0.1) is 5.69 Å². The number of aryl methyl sites for hydroxylation is 2. The van der Waals surface area contributed by atoms with Crippen LogP contribution >= 0.6 is 34.9 Å². The molecule has 21 heavy (non-hydrogen) atoms. The predicted molar refractivity (Wildman–Crippen MR) is 90.3 cm³/mol. The van der Waals surface area contributed by atoms with Crippen LogP contribution in [0.3, 0.4) is 0 Å². The van der Waals surface area contributed by atoms with E-state index in [1.165, 1.54) is 5.56 Å². The molecule has 2 heterocycles. The van der Waals surface area contributed by atoms with E-state index >= 15 is 0 Å². The third kappa shape index (κ3) is 4.45. The fraction of sp³-hybridized carbons (Fsp3) is 0.615. The van der Waals surface area contributed by atoms with Crippen molar-refractivity contribution in [3.63, 3.8) is 0 Å². The van der Waals surface area contributed by atoms with Crippen LogP contribution in [0.2, 0.25) is 0 Å². The Labute approximate surface area is 138 Å². The van der Waals surface area contributed by atoms with Gasteiger partial charge in [0.1, 0.15) is 5.03 Å². The molecule has 0 aliphatic heterocycles. The van der Waals surface area contributed by atoms with E-state index in [0.29, 0.717) is 5.92 Å². The zero-order valence-corrected chi connectivity index (χ0v) is 15.5. The first-order chi connectivity index (χ1) is 10.0. The standard InChI is InChI=1S/C13H21N5S3/c1-8(2)6-14-7-10-9(3)17-18(4)11(10)20-13-16-15-12(19-5)21-13/h8,14H,6-7H2,1-5H3. The SMILES string of the molecule is CSc1nnc(Sc2c(CNCC(C)C)c(C)nn2C)s1. The molecule has 0 fully saturated rings. The Morgan fingerprint density at radius 2 is 2.00 bits per heavy atom. The van der Waals surface area contributed by atoms with E-state index in [0.717, 1.165) is 32.5 Å². The average Bonchev–Trinajstić information content (AvgIpc) is 2.98. The lowest BCUT2D eigenvalue weighted by Crippen LogP contribution is -2.19. The zero-order chi connectivity index (χ0) is 15.4. The maximum absolute atomic E-state index is 4.54. The number of rotatable bonds is 7. The molecule has 0 spiro atoms. The van der Waals surface area contributed by atoms with Gasteiger partial charge in [-0.15, -0.1) is 10.2 Å². The molecule has 0 amide bonds. The topological polar surface area (TPSA) is 55.6 Å². The monoisotopic (exact) mass is 343 g/mol. The Kier molecular flexibility index (Phi) is 6.09. The number of aromatic nitrogens is 4. The maximum atomic E-state index is 4.54. The Morgan fingerprint density at radius 1 is 1.29 bits per heavy atom. The number of hydrogen-bond donors (Lipinski definition) is 1. The number of nitrogens with zero attached hydrogens (tertiary/aromatic N) is 4. The van der Waals surface area contributed by atoms with Crippen LogP contribution in [-0.2, 0) is 13.6 Å². The molecule has 8 heteroatoms. The Hall–Kier alpha value is -0.570. The second-order valence-corrected chi connectivity index (χ2v) is 8.42. The summed E-state index contributed by atoms with van der Waals surface area (Å²) in [5.41, 5.74) is 2.33. The van der Waals surface area contributed by atoms with Crippen molar-refractivity contribution in [2.45, 2.75) is 41.0 Å². The summed E-state index contributed by atoms with van der Waals surface area (Å²) in [6, 6.07) is 0. The van der Waals surface area contributed by atoms with E-state index in [1.54, 1.807) is 34.9 Å². The summed E-state index contributed by atoms with van der Waals surface area (Å²) in [5, 5.41) is 17.6. The Morgan fingerprint density at radius 3 is 2.62 bits per heavy atom. The third-order valence-electron chi connectivity index (χ3n) is 2.89.